The van der Waals surface area contributed by atoms with E-state index < -0.39 is 36.0 Å². The Morgan fingerprint density at radius 2 is 1.83 bits per heavy atom. The molecule has 0 aliphatic carbocycles. The van der Waals surface area contributed by atoms with Crippen molar-refractivity contribution in [1.82, 2.24) is 15.5 Å². The van der Waals surface area contributed by atoms with Gasteiger partial charge >= 0.3 is 0 Å². The zero-order valence-electron chi connectivity index (χ0n) is 17.3. The third-order valence-corrected chi connectivity index (χ3v) is 5.36. The first-order chi connectivity index (χ1) is 14.2. The van der Waals surface area contributed by atoms with Crippen molar-refractivity contribution in [2.75, 3.05) is 12.4 Å². The summed E-state index contributed by atoms with van der Waals surface area (Å²) in [5.41, 5.74) is 6.54. The molecule has 164 valence electrons. The predicted molar refractivity (Wildman–Crippen MR) is 114 cm³/mol. The van der Waals surface area contributed by atoms with Crippen LogP contribution in [0.4, 0.5) is 0 Å². The van der Waals surface area contributed by atoms with Crippen LogP contribution in [0.15, 0.2) is 30.3 Å². The third kappa shape index (κ3) is 6.27. The normalized spacial score (nSPS) is 18.9. The van der Waals surface area contributed by atoms with E-state index in [-0.39, 0.29) is 17.6 Å². The summed E-state index contributed by atoms with van der Waals surface area (Å²) >= 11 is 5.70. The van der Waals surface area contributed by atoms with Gasteiger partial charge in [-0.1, -0.05) is 30.3 Å². The highest BCUT2D eigenvalue weighted by molar-refractivity contribution is 6.28. The second-order valence-corrected chi connectivity index (χ2v) is 7.83. The molecule has 1 aromatic rings. The summed E-state index contributed by atoms with van der Waals surface area (Å²) in [7, 11) is 0. The molecule has 1 saturated heterocycles. The molecule has 0 spiro atoms. The van der Waals surface area contributed by atoms with Crippen LogP contribution in [-0.2, 0) is 25.6 Å². The van der Waals surface area contributed by atoms with Gasteiger partial charge in [-0.15, -0.1) is 11.6 Å². The third-order valence-electron chi connectivity index (χ3n) is 5.10. The number of carbonyl (C=O) groups is 4. The maximum absolute atomic E-state index is 12.7. The molecule has 8 nitrogen and oxygen atoms in total. The maximum Gasteiger partial charge on any atom is 0.243 e. The highest BCUT2D eigenvalue weighted by Crippen LogP contribution is 2.18. The monoisotopic (exact) mass is 436 g/mol. The second kappa shape index (κ2) is 11.1. The van der Waals surface area contributed by atoms with Crippen LogP contribution >= 0.6 is 11.6 Å². The fourth-order valence-corrected chi connectivity index (χ4v) is 3.61. The van der Waals surface area contributed by atoms with Crippen LogP contribution in [0.2, 0.25) is 0 Å². The van der Waals surface area contributed by atoms with E-state index >= 15 is 0 Å². The molecule has 1 aliphatic heterocycles. The molecule has 1 aliphatic rings. The molecule has 0 bridgehead atoms. The summed E-state index contributed by atoms with van der Waals surface area (Å²) in [6, 6.07) is 6.25. The van der Waals surface area contributed by atoms with Crippen molar-refractivity contribution < 1.29 is 19.2 Å². The molecule has 1 heterocycles. The van der Waals surface area contributed by atoms with E-state index in [0.29, 0.717) is 25.8 Å². The minimum atomic E-state index is -0.883. The van der Waals surface area contributed by atoms with Crippen molar-refractivity contribution in [3.05, 3.63) is 35.9 Å². The van der Waals surface area contributed by atoms with Crippen LogP contribution in [0, 0.1) is 0 Å². The first-order valence-corrected chi connectivity index (χ1v) is 10.6. The van der Waals surface area contributed by atoms with Gasteiger partial charge in [0.2, 0.25) is 17.7 Å². The fraction of sp³-hybridized carbons (Fsp3) is 0.524. The number of nitrogens with one attached hydrogen (secondary N) is 2. The average molecular weight is 437 g/mol. The lowest BCUT2D eigenvalue weighted by atomic mass is 10.0. The summed E-state index contributed by atoms with van der Waals surface area (Å²) in [6.45, 7) is 3.57. The highest BCUT2D eigenvalue weighted by atomic mass is 35.5. The molecule has 0 radical (unpaired) electrons. The summed E-state index contributed by atoms with van der Waals surface area (Å²) in [5.74, 6) is -1.73. The molecule has 1 aromatic carbocycles. The predicted octanol–water partition coefficient (Wildman–Crippen LogP) is 0.365. The summed E-state index contributed by atoms with van der Waals surface area (Å²) in [6.07, 6.45) is 1.51. The quantitative estimate of drug-likeness (QED) is 0.483. The summed E-state index contributed by atoms with van der Waals surface area (Å²) < 4.78 is 0. The molecule has 4 atom stereocenters. The van der Waals surface area contributed by atoms with Crippen LogP contribution in [0.5, 0.6) is 0 Å². The van der Waals surface area contributed by atoms with Gasteiger partial charge in [-0.3, -0.25) is 19.2 Å². The molecule has 4 N–H and O–H groups in total. The Kier molecular flexibility index (Phi) is 8.80. The van der Waals surface area contributed by atoms with E-state index in [9.17, 15) is 19.2 Å². The molecule has 1 fully saturated rings. The Morgan fingerprint density at radius 1 is 1.17 bits per heavy atom. The van der Waals surface area contributed by atoms with Crippen molar-refractivity contribution in [1.29, 1.82) is 0 Å². The standard InChI is InChI=1S/C21H29ClN4O4/c1-13(23)21(30)26-10-6-9-17(26)20(29)24-14(2)19(28)25-16(18(27)12-22)11-15-7-4-3-5-8-15/h3-5,7-8,13-14,16-17H,6,9-12,23H2,1-2H3,(H,24,29)(H,25,28)/t13-,14+,16+,17-/m1/s1. The molecule has 0 aromatic heterocycles. The Hall–Kier alpha value is -2.45. The number of nitrogens with two attached hydrogens (primary N) is 1. The van der Waals surface area contributed by atoms with E-state index in [2.05, 4.69) is 10.6 Å². The number of alkyl halides is 1. The lowest BCUT2D eigenvalue weighted by Crippen LogP contribution is -2.55. The molecule has 0 unspecified atom stereocenters. The summed E-state index contributed by atoms with van der Waals surface area (Å²) in [5, 5.41) is 5.32. The van der Waals surface area contributed by atoms with Gasteiger partial charge in [-0.2, -0.15) is 0 Å². The largest absolute Gasteiger partial charge is 0.344 e. The zero-order valence-corrected chi connectivity index (χ0v) is 18.0. The molecule has 30 heavy (non-hydrogen) atoms. The number of ketones is 1. The van der Waals surface area contributed by atoms with Crippen LogP contribution in [0.1, 0.15) is 32.3 Å². The second-order valence-electron chi connectivity index (χ2n) is 7.56. The minimum Gasteiger partial charge on any atom is -0.344 e. The van der Waals surface area contributed by atoms with Crippen LogP contribution in [0.25, 0.3) is 0 Å². The van der Waals surface area contributed by atoms with Crippen molar-refractivity contribution in [3.8, 4) is 0 Å². The van der Waals surface area contributed by atoms with E-state index in [0.717, 1.165) is 5.56 Å². The Balaban J connectivity index is 1.98. The first kappa shape index (κ1) is 23.8. The van der Waals surface area contributed by atoms with Crippen molar-refractivity contribution >= 4 is 35.1 Å². The lowest BCUT2D eigenvalue weighted by Gasteiger charge is -2.27. The number of Topliss-reactive ketones (excluding diaryl/α,β-unsaturated/α-hetero) is 1. The highest BCUT2D eigenvalue weighted by Gasteiger charge is 2.36. The molecule has 9 heteroatoms. The van der Waals surface area contributed by atoms with Gasteiger partial charge in [0.25, 0.3) is 0 Å². The number of carbonyl (C=O) groups excluding carboxylic acids is 4. The first-order valence-electron chi connectivity index (χ1n) is 10.0. The molecular formula is C21H29ClN4O4. The smallest absolute Gasteiger partial charge is 0.243 e. The molecule has 3 amide bonds. The number of rotatable bonds is 9. The van der Waals surface area contributed by atoms with E-state index in [1.807, 2.05) is 30.3 Å². The van der Waals surface area contributed by atoms with Crippen molar-refractivity contribution in [2.24, 2.45) is 5.73 Å². The number of likely N-dealkylation sites (tertiary alicyclic amines) is 1. The van der Waals surface area contributed by atoms with Crippen LogP contribution < -0.4 is 16.4 Å². The number of nitrogens with zero attached hydrogens (tertiary/aromatic N) is 1. The fourth-order valence-electron chi connectivity index (χ4n) is 3.42. The van der Waals surface area contributed by atoms with Gasteiger partial charge < -0.3 is 21.3 Å². The Morgan fingerprint density at radius 3 is 2.43 bits per heavy atom. The number of hydrogen-bond acceptors (Lipinski definition) is 5. The minimum absolute atomic E-state index is 0.227. The van der Waals surface area contributed by atoms with Gasteiger partial charge in [-0.25, -0.2) is 0 Å². The van der Waals surface area contributed by atoms with Gasteiger partial charge in [0.15, 0.2) is 5.78 Å². The number of benzene rings is 1. The average Bonchev–Trinajstić information content (AvgIpc) is 3.22. The van der Waals surface area contributed by atoms with Crippen LogP contribution in [0.3, 0.4) is 0 Å². The number of amides is 3. The van der Waals surface area contributed by atoms with E-state index in [1.54, 1.807) is 6.92 Å². The van der Waals surface area contributed by atoms with E-state index in [4.69, 9.17) is 17.3 Å². The van der Waals surface area contributed by atoms with Crippen molar-refractivity contribution in [3.63, 3.8) is 0 Å². The SMILES string of the molecule is C[C@H](NC(=O)[C@H]1CCCN1C(=O)[C@@H](C)N)C(=O)N[C@@H](Cc1ccccc1)C(=O)CCl. The Labute approximate surface area is 181 Å². The molecule has 2 rings (SSSR count). The maximum atomic E-state index is 12.7. The Bertz CT molecular complexity index is 772. The lowest BCUT2D eigenvalue weighted by molar-refractivity contribution is -0.140. The van der Waals surface area contributed by atoms with Gasteiger partial charge in [-0.05, 0) is 38.7 Å². The van der Waals surface area contributed by atoms with E-state index in [1.165, 1.54) is 11.8 Å². The number of hydrogen-bond donors (Lipinski definition) is 3. The van der Waals surface area contributed by atoms with Crippen LogP contribution in [-0.4, -0.2) is 65.0 Å². The molecule has 0 saturated carbocycles. The summed E-state index contributed by atoms with van der Waals surface area (Å²) in [4.78, 5) is 51.1. The van der Waals surface area contributed by atoms with Gasteiger partial charge in [0, 0.05) is 6.54 Å². The molecular weight excluding hydrogens is 408 g/mol. The van der Waals surface area contributed by atoms with Crippen molar-refractivity contribution in [2.45, 2.75) is 57.3 Å². The van der Waals surface area contributed by atoms with Gasteiger partial charge in [0.1, 0.15) is 12.1 Å². The number of halogens is 1. The topological polar surface area (TPSA) is 122 Å². The zero-order chi connectivity index (χ0) is 22.3. The van der Waals surface area contributed by atoms with Gasteiger partial charge in [0.05, 0.1) is 18.0 Å².